The number of piperidine rings is 2. The second-order valence-electron chi connectivity index (χ2n) is 6.13. The van der Waals surface area contributed by atoms with Gasteiger partial charge in [0.2, 0.25) is 5.91 Å². The van der Waals surface area contributed by atoms with E-state index in [1.165, 1.54) is 0 Å². The summed E-state index contributed by atoms with van der Waals surface area (Å²) >= 11 is 0. The Morgan fingerprint density at radius 3 is 2.58 bits per heavy atom. The van der Waals surface area contributed by atoms with E-state index in [9.17, 15) is 14.7 Å². The van der Waals surface area contributed by atoms with Crippen molar-refractivity contribution in [3.63, 3.8) is 0 Å². The van der Waals surface area contributed by atoms with Crippen molar-refractivity contribution < 1.29 is 14.7 Å². The van der Waals surface area contributed by atoms with Crippen LogP contribution in [0.3, 0.4) is 0 Å². The molecule has 19 heavy (non-hydrogen) atoms. The summed E-state index contributed by atoms with van der Waals surface area (Å²) in [6, 6.07) is 0. The van der Waals surface area contributed by atoms with Gasteiger partial charge in [0.1, 0.15) is 5.54 Å². The standard InChI is InChI=1S/C14H24N2O3/c1-14(13(18)19)7-3-4-9-16(14)12(17)11-6-5-8-15(2)10-11/h11H,3-10H2,1-2H3,(H,18,19). The lowest BCUT2D eigenvalue weighted by Gasteiger charge is -2.44. The van der Waals surface area contributed by atoms with Crippen molar-refractivity contribution in [3.05, 3.63) is 0 Å². The SMILES string of the molecule is CN1CCCC(C(=O)N2CCCCC2(C)C(=O)O)C1. The van der Waals surface area contributed by atoms with Crippen molar-refractivity contribution in [1.82, 2.24) is 9.80 Å². The molecule has 0 saturated carbocycles. The molecule has 0 aromatic carbocycles. The van der Waals surface area contributed by atoms with Crippen LogP contribution in [-0.4, -0.2) is 59.0 Å². The number of carbonyl (C=O) groups excluding carboxylic acids is 1. The van der Waals surface area contributed by atoms with E-state index in [1.807, 2.05) is 7.05 Å². The van der Waals surface area contributed by atoms with Gasteiger partial charge in [0.25, 0.3) is 0 Å². The lowest BCUT2D eigenvalue weighted by molar-refractivity contribution is -0.163. The van der Waals surface area contributed by atoms with Crippen LogP contribution in [0.15, 0.2) is 0 Å². The van der Waals surface area contributed by atoms with Gasteiger partial charge in [0, 0.05) is 13.1 Å². The number of hydrogen-bond donors (Lipinski definition) is 1. The third kappa shape index (κ3) is 2.76. The highest BCUT2D eigenvalue weighted by Gasteiger charge is 2.45. The minimum atomic E-state index is -1.01. The van der Waals surface area contributed by atoms with Crippen LogP contribution in [0.4, 0.5) is 0 Å². The monoisotopic (exact) mass is 268 g/mol. The molecule has 0 aromatic rings. The summed E-state index contributed by atoms with van der Waals surface area (Å²) in [4.78, 5) is 28.0. The van der Waals surface area contributed by atoms with Gasteiger partial charge in [-0.1, -0.05) is 0 Å². The fraction of sp³-hybridized carbons (Fsp3) is 0.857. The predicted molar refractivity (Wildman–Crippen MR) is 71.8 cm³/mol. The first-order chi connectivity index (χ1) is 8.95. The Kier molecular flexibility index (Phi) is 4.13. The smallest absolute Gasteiger partial charge is 0.329 e. The maximum atomic E-state index is 12.7. The second kappa shape index (κ2) is 5.49. The molecule has 1 amide bonds. The summed E-state index contributed by atoms with van der Waals surface area (Å²) in [5.41, 5.74) is -1.01. The molecule has 2 aliphatic heterocycles. The zero-order valence-electron chi connectivity index (χ0n) is 11.9. The van der Waals surface area contributed by atoms with Gasteiger partial charge in [0.15, 0.2) is 0 Å². The number of rotatable bonds is 2. The van der Waals surface area contributed by atoms with E-state index in [-0.39, 0.29) is 11.8 Å². The molecule has 2 atom stereocenters. The van der Waals surface area contributed by atoms with Gasteiger partial charge in [0.05, 0.1) is 5.92 Å². The number of carboxylic acids is 1. The van der Waals surface area contributed by atoms with Crippen molar-refractivity contribution in [2.45, 2.75) is 44.6 Å². The van der Waals surface area contributed by atoms with Crippen LogP contribution in [0.1, 0.15) is 39.0 Å². The summed E-state index contributed by atoms with van der Waals surface area (Å²) in [7, 11) is 2.02. The van der Waals surface area contributed by atoms with Gasteiger partial charge in [-0.25, -0.2) is 4.79 Å². The zero-order valence-corrected chi connectivity index (χ0v) is 11.9. The first-order valence-electron chi connectivity index (χ1n) is 7.18. The molecule has 0 aromatic heterocycles. The van der Waals surface area contributed by atoms with E-state index in [0.717, 1.165) is 38.8 Å². The van der Waals surface area contributed by atoms with Gasteiger partial charge in [-0.15, -0.1) is 0 Å². The predicted octanol–water partition coefficient (Wildman–Crippen LogP) is 1.18. The first-order valence-corrected chi connectivity index (χ1v) is 7.18. The molecule has 0 aliphatic carbocycles. The molecule has 0 radical (unpaired) electrons. The topological polar surface area (TPSA) is 60.9 Å². The van der Waals surface area contributed by atoms with Crippen LogP contribution in [0.25, 0.3) is 0 Å². The Balaban J connectivity index is 2.13. The fourth-order valence-corrected chi connectivity index (χ4v) is 3.29. The fourth-order valence-electron chi connectivity index (χ4n) is 3.29. The summed E-state index contributed by atoms with van der Waals surface area (Å²) in [6.07, 6.45) is 4.27. The molecule has 108 valence electrons. The molecule has 2 saturated heterocycles. The summed E-state index contributed by atoms with van der Waals surface area (Å²) < 4.78 is 0. The first kappa shape index (κ1) is 14.3. The maximum Gasteiger partial charge on any atom is 0.329 e. The number of aliphatic carboxylic acids is 1. The molecule has 2 unspecified atom stereocenters. The molecule has 5 heteroatoms. The number of hydrogen-bond acceptors (Lipinski definition) is 3. The molecule has 2 fully saturated rings. The van der Waals surface area contributed by atoms with Crippen LogP contribution < -0.4 is 0 Å². The summed E-state index contributed by atoms with van der Waals surface area (Å²) in [5, 5.41) is 9.46. The number of carboxylic acid groups (broad SMARTS) is 1. The third-order valence-corrected chi connectivity index (χ3v) is 4.59. The number of amides is 1. The normalized spacial score (nSPS) is 33.2. The van der Waals surface area contributed by atoms with Crippen molar-refractivity contribution in [2.75, 3.05) is 26.7 Å². The number of likely N-dealkylation sites (tertiary alicyclic amines) is 2. The van der Waals surface area contributed by atoms with E-state index in [2.05, 4.69) is 4.90 Å². The minimum absolute atomic E-state index is 0.0319. The Morgan fingerprint density at radius 1 is 1.21 bits per heavy atom. The molecule has 0 spiro atoms. The second-order valence-corrected chi connectivity index (χ2v) is 6.13. The van der Waals surface area contributed by atoms with E-state index in [4.69, 9.17) is 0 Å². The molecule has 0 bridgehead atoms. The molecular weight excluding hydrogens is 244 g/mol. The largest absolute Gasteiger partial charge is 0.480 e. The van der Waals surface area contributed by atoms with Gasteiger partial charge >= 0.3 is 5.97 Å². The highest BCUT2D eigenvalue weighted by Crippen LogP contribution is 2.31. The van der Waals surface area contributed by atoms with Crippen molar-refractivity contribution >= 4 is 11.9 Å². The average molecular weight is 268 g/mol. The Hall–Kier alpha value is -1.10. The van der Waals surface area contributed by atoms with Crippen molar-refractivity contribution in [2.24, 2.45) is 5.92 Å². The molecular formula is C14H24N2O3. The Morgan fingerprint density at radius 2 is 1.95 bits per heavy atom. The maximum absolute atomic E-state index is 12.7. The van der Waals surface area contributed by atoms with Crippen LogP contribution in [0.2, 0.25) is 0 Å². The molecule has 5 nitrogen and oxygen atoms in total. The third-order valence-electron chi connectivity index (χ3n) is 4.59. The van der Waals surface area contributed by atoms with Crippen LogP contribution in [0, 0.1) is 5.92 Å². The number of nitrogens with zero attached hydrogens (tertiary/aromatic N) is 2. The Bertz CT molecular complexity index is 372. The summed E-state index contributed by atoms with van der Waals surface area (Å²) in [6.45, 7) is 4.06. The quantitative estimate of drug-likeness (QED) is 0.817. The van der Waals surface area contributed by atoms with Crippen LogP contribution in [0.5, 0.6) is 0 Å². The molecule has 2 aliphatic rings. The van der Waals surface area contributed by atoms with Crippen molar-refractivity contribution in [1.29, 1.82) is 0 Å². The van der Waals surface area contributed by atoms with Gasteiger partial charge in [-0.05, 0) is 52.6 Å². The lowest BCUT2D eigenvalue weighted by atomic mass is 9.86. The van der Waals surface area contributed by atoms with E-state index in [0.29, 0.717) is 13.0 Å². The van der Waals surface area contributed by atoms with Crippen molar-refractivity contribution in [3.8, 4) is 0 Å². The zero-order chi connectivity index (χ0) is 14.0. The lowest BCUT2D eigenvalue weighted by Crippen LogP contribution is -2.59. The van der Waals surface area contributed by atoms with Gasteiger partial charge in [-0.3, -0.25) is 4.79 Å². The highest BCUT2D eigenvalue weighted by atomic mass is 16.4. The van der Waals surface area contributed by atoms with E-state index in [1.54, 1.807) is 11.8 Å². The Labute approximate surface area is 114 Å². The van der Waals surface area contributed by atoms with Gasteiger partial charge in [-0.2, -0.15) is 0 Å². The summed E-state index contributed by atoms with van der Waals surface area (Å²) in [5.74, 6) is -0.864. The average Bonchev–Trinajstić information content (AvgIpc) is 2.38. The molecule has 2 heterocycles. The molecule has 2 rings (SSSR count). The molecule has 1 N–H and O–H groups in total. The van der Waals surface area contributed by atoms with Crippen LogP contribution >= 0.6 is 0 Å². The van der Waals surface area contributed by atoms with E-state index < -0.39 is 11.5 Å². The number of carbonyl (C=O) groups is 2. The minimum Gasteiger partial charge on any atom is -0.480 e. The van der Waals surface area contributed by atoms with Crippen LogP contribution in [-0.2, 0) is 9.59 Å². The highest BCUT2D eigenvalue weighted by molar-refractivity contribution is 5.88. The van der Waals surface area contributed by atoms with Gasteiger partial charge < -0.3 is 14.9 Å². The van der Waals surface area contributed by atoms with E-state index >= 15 is 0 Å².